The minimum absolute atomic E-state index is 0.158. The number of nitrogens with zero attached hydrogens (tertiary/aromatic N) is 4. The normalized spacial score (nSPS) is 12.6. The molecule has 69 heavy (non-hydrogen) atoms. The van der Waals surface area contributed by atoms with Crippen LogP contribution in [0.3, 0.4) is 0 Å². The highest BCUT2D eigenvalue weighted by molar-refractivity contribution is 6.23. The van der Waals surface area contributed by atoms with Crippen molar-refractivity contribution in [3.05, 3.63) is 242 Å². The predicted octanol–water partition coefficient (Wildman–Crippen LogP) is 17.0. The number of para-hydroxylation sites is 2. The van der Waals surface area contributed by atoms with Crippen molar-refractivity contribution in [2.24, 2.45) is 0 Å². The van der Waals surface area contributed by atoms with Gasteiger partial charge in [0.1, 0.15) is 11.2 Å². The van der Waals surface area contributed by atoms with Gasteiger partial charge in [-0.15, -0.1) is 0 Å². The zero-order valence-corrected chi connectivity index (χ0v) is 38.1. The summed E-state index contributed by atoms with van der Waals surface area (Å²) >= 11 is 0. The lowest BCUT2D eigenvalue weighted by atomic mass is 9.82. The molecule has 0 saturated carbocycles. The van der Waals surface area contributed by atoms with Crippen LogP contribution in [0, 0.1) is 0 Å². The van der Waals surface area contributed by atoms with Crippen LogP contribution >= 0.6 is 0 Å². The second kappa shape index (κ2) is 16.1. The highest BCUT2D eigenvalue weighted by Gasteiger charge is 2.36. The number of aromatic nitrogens is 3. The molecule has 0 saturated heterocycles. The molecule has 0 amide bonds. The van der Waals surface area contributed by atoms with Gasteiger partial charge in [-0.05, 0) is 92.4 Å². The molecule has 326 valence electrons. The summed E-state index contributed by atoms with van der Waals surface area (Å²) in [6.07, 6.45) is 0. The van der Waals surface area contributed by atoms with Crippen LogP contribution in [0.25, 0.3) is 100 Å². The van der Waals surface area contributed by atoms with Crippen molar-refractivity contribution in [3.8, 4) is 67.5 Å². The Morgan fingerprint density at radius 2 is 0.884 bits per heavy atom. The SMILES string of the molecule is CC1(C)c2ccccc2-c2ccc(N(c3ccccc3)c3cccc4c(-c5ccc(-c6nc(-c7ccccc7)nc(-c7ccc(-c8ccccc8)cc7)n6)cc5)cc5c6ccccc6oc5c34)cc21. The lowest BCUT2D eigenvalue weighted by molar-refractivity contribution is 0.660. The Labute approximate surface area is 400 Å². The van der Waals surface area contributed by atoms with Gasteiger partial charge in [0, 0.05) is 49.6 Å². The molecule has 2 aromatic heterocycles. The van der Waals surface area contributed by atoms with Crippen LogP contribution in [0.5, 0.6) is 0 Å². The highest BCUT2D eigenvalue weighted by atomic mass is 16.3. The van der Waals surface area contributed by atoms with E-state index < -0.39 is 0 Å². The molecule has 0 spiro atoms. The summed E-state index contributed by atoms with van der Waals surface area (Å²) in [5.74, 6) is 1.86. The Morgan fingerprint density at radius 3 is 1.58 bits per heavy atom. The van der Waals surface area contributed by atoms with E-state index in [1.54, 1.807) is 0 Å². The molecule has 0 unspecified atom stereocenters. The molecule has 0 aliphatic heterocycles. The van der Waals surface area contributed by atoms with Crippen molar-refractivity contribution in [2.45, 2.75) is 19.3 Å². The highest BCUT2D eigenvalue weighted by Crippen LogP contribution is 2.52. The van der Waals surface area contributed by atoms with Crippen LogP contribution in [0.1, 0.15) is 25.0 Å². The second-order valence-electron chi connectivity index (χ2n) is 18.4. The third-order valence-electron chi connectivity index (χ3n) is 13.9. The van der Waals surface area contributed by atoms with Crippen LogP contribution in [0.15, 0.2) is 235 Å². The average Bonchev–Trinajstić information content (AvgIpc) is 3.90. The van der Waals surface area contributed by atoms with Gasteiger partial charge in [-0.3, -0.25) is 0 Å². The Bertz CT molecular complexity index is 3900. The maximum Gasteiger partial charge on any atom is 0.164 e. The third-order valence-corrected chi connectivity index (χ3v) is 13.9. The minimum Gasteiger partial charge on any atom is -0.455 e. The van der Waals surface area contributed by atoms with Crippen molar-refractivity contribution in [2.75, 3.05) is 4.90 Å². The lowest BCUT2D eigenvalue weighted by Crippen LogP contribution is -2.16. The number of rotatable bonds is 8. The van der Waals surface area contributed by atoms with Crippen LogP contribution < -0.4 is 4.90 Å². The van der Waals surface area contributed by atoms with Crippen molar-refractivity contribution in [1.82, 2.24) is 15.0 Å². The topological polar surface area (TPSA) is 55.1 Å². The largest absolute Gasteiger partial charge is 0.455 e. The first-order valence-electron chi connectivity index (χ1n) is 23.5. The van der Waals surface area contributed by atoms with Gasteiger partial charge in [0.25, 0.3) is 0 Å². The van der Waals surface area contributed by atoms with E-state index in [0.717, 1.165) is 88.7 Å². The van der Waals surface area contributed by atoms with Gasteiger partial charge in [-0.1, -0.05) is 202 Å². The van der Waals surface area contributed by atoms with E-state index >= 15 is 0 Å². The zero-order chi connectivity index (χ0) is 46.1. The number of hydrogen-bond donors (Lipinski definition) is 0. The molecule has 13 rings (SSSR count). The van der Waals surface area contributed by atoms with Crippen LogP contribution in [0.2, 0.25) is 0 Å². The van der Waals surface area contributed by atoms with Crippen molar-refractivity contribution in [1.29, 1.82) is 0 Å². The molecular weight excluding hydrogens is 841 g/mol. The first-order valence-corrected chi connectivity index (χ1v) is 23.5. The van der Waals surface area contributed by atoms with Crippen molar-refractivity contribution >= 4 is 49.8 Å². The summed E-state index contributed by atoms with van der Waals surface area (Å²) in [7, 11) is 0. The smallest absolute Gasteiger partial charge is 0.164 e. The quantitative estimate of drug-likeness (QED) is 0.152. The molecule has 2 heterocycles. The summed E-state index contributed by atoms with van der Waals surface area (Å²) in [5, 5.41) is 4.28. The Morgan fingerprint density at radius 1 is 0.362 bits per heavy atom. The van der Waals surface area contributed by atoms with Crippen molar-refractivity contribution in [3.63, 3.8) is 0 Å². The first kappa shape index (κ1) is 40.4. The molecular formula is C64H44N4O. The van der Waals surface area contributed by atoms with E-state index in [9.17, 15) is 0 Å². The zero-order valence-electron chi connectivity index (χ0n) is 38.1. The number of hydrogen-bond acceptors (Lipinski definition) is 5. The van der Waals surface area contributed by atoms with E-state index in [4.69, 9.17) is 19.4 Å². The summed E-state index contributed by atoms with van der Waals surface area (Å²) in [5.41, 5.74) is 17.3. The fourth-order valence-electron chi connectivity index (χ4n) is 10.5. The molecule has 0 radical (unpaired) electrons. The van der Waals surface area contributed by atoms with Gasteiger partial charge in [-0.2, -0.15) is 0 Å². The number of anilines is 3. The van der Waals surface area contributed by atoms with Gasteiger partial charge in [0.2, 0.25) is 0 Å². The molecule has 0 N–H and O–H groups in total. The fourth-order valence-corrected chi connectivity index (χ4v) is 10.5. The Hall–Kier alpha value is -8.93. The van der Waals surface area contributed by atoms with Gasteiger partial charge in [-0.25, -0.2) is 15.0 Å². The van der Waals surface area contributed by atoms with E-state index in [1.165, 1.54) is 22.3 Å². The predicted molar refractivity (Wildman–Crippen MR) is 284 cm³/mol. The third kappa shape index (κ3) is 6.81. The first-order chi connectivity index (χ1) is 34.0. The van der Waals surface area contributed by atoms with Crippen LogP contribution in [0.4, 0.5) is 17.1 Å². The van der Waals surface area contributed by atoms with Gasteiger partial charge in [0.05, 0.1) is 5.69 Å². The average molecular weight is 885 g/mol. The van der Waals surface area contributed by atoms with E-state index in [-0.39, 0.29) is 5.41 Å². The fraction of sp³-hybridized carbons (Fsp3) is 0.0469. The van der Waals surface area contributed by atoms with Crippen molar-refractivity contribution < 1.29 is 4.42 Å². The molecule has 0 bridgehead atoms. The van der Waals surface area contributed by atoms with E-state index in [2.05, 4.69) is 207 Å². The summed E-state index contributed by atoms with van der Waals surface area (Å²) in [4.78, 5) is 17.6. The Kier molecular flexibility index (Phi) is 9.44. The molecule has 12 aromatic rings. The molecule has 1 aliphatic carbocycles. The summed E-state index contributed by atoms with van der Waals surface area (Å²) in [6.45, 7) is 4.68. The molecule has 1 aliphatic rings. The maximum absolute atomic E-state index is 6.92. The number of furan rings is 1. The number of fused-ring (bicyclic) bond motifs is 8. The maximum atomic E-state index is 6.92. The molecule has 0 fully saturated rings. The van der Waals surface area contributed by atoms with Gasteiger partial charge < -0.3 is 9.32 Å². The minimum atomic E-state index is -0.158. The van der Waals surface area contributed by atoms with Gasteiger partial charge in [0.15, 0.2) is 17.5 Å². The second-order valence-corrected chi connectivity index (χ2v) is 18.4. The lowest BCUT2D eigenvalue weighted by Gasteiger charge is -2.29. The number of benzene rings is 10. The summed E-state index contributed by atoms with van der Waals surface area (Å²) in [6, 6.07) is 81.5. The standard InChI is InChI=1S/C64H44N4O/c1-64(2)55-26-14-12-23-49(55)50-38-37-48(39-56(50)64)68(47-21-10-5-11-22-47)57-27-16-25-52-53(40-54-51-24-13-15-28-58(51)69-60(54)59(52)57)43-31-35-46(36-32-43)63-66-61(44-19-8-4-9-20-44)65-62(67-63)45-33-29-42(30-34-45)41-17-6-3-7-18-41/h3-40H,1-2H3. The molecule has 0 atom stereocenters. The van der Waals surface area contributed by atoms with Crippen LogP contribution in [-0.2, 0) is 5.41 Å². The molecule has 5 heteroatoms. The molecule has 10 aromatic carbocycles. The Balaban J connectivity index is 0.965. The monoisotopic (exact) mass is 884 g/mol. The van der Waals surface area contributed by atoms with E-state index in [1.807, 2.05) is 42.5 Å². The molecule has 5 nitrogen and oxygen atoms in total. The van der Waals surface area contributed by atoms with Crippen LogP contribution in [-0.4, -0.2) is 15.0 Å². The van der Waals surface area contributed by atoms with E-state index in [0.29, 0.717) is 17.5 Å². The van der Waals surface area contributed by atoms with Gasteiger partial charge >= 0.3 is 0 Å². The summed E-state index contributed by atoms with van der Waals surface area (Å²) < 4.78 is 6.92.